The van der Waals surface area contributed by atoms with Crippen molar-refractivity contribution in [2.45, 2.75) is 23.7 Å². The Hall–Kier alpha value is -8.12. The molecule has 0 saturated heterocycles. The van der Waals surface area contributed by atoms with Gasteiger partial charge in [0.05, 0.1) is 22.3 Å². The fourth-order valence-electron chi connectivity index (χ4n) is 8.12. The van der Waals surface area contributed by atoms with Crippen LogP contribution in [0.15, 0.2) is 171 Å². The van der Waals surface area contributed by atoms with Crippen LogP contribution in [0.2, 0.25) is 0 Å². The molecule has 1 saturated carbocycles. The van der Waals surface area contributed by atoms with E-state index in [2.05, 4.69) is 56.3 Å². The van der Waals surface area contributed by atoms with Gasteiger partial charge in [-0.25, -0.2) is 19.2 Å². The fraction of sp³-hybridized carbons (Fsp3) is 0.0833. The quantitative estimate of drug-likeness (QED) is 0.114. The first kappa shape index (κ1) is 40.1. The lowest BCUT2D eigenvalue weighted by molar-refractivity contribution is 0.0681. The maximum atomic E-state index is 11.0. The number of rotatable bonds is 8. The first-order valence-corrected chi connectivity index (χ1v) is 18.7. The summed E-state index contributed by atoms with van der Waals surface area (Å²) in [6, 6.07) is 35.7. The van der Waals surface area contributed by atoms with Gasteiger partial charge in [-0.05, 0) is 106 Å². The van der Waals surface area contributed by atoms with E-state index in [0.29, 0.717) is 34.4 Å². The van der Waals surface area contributed by atoms with Gasteiger partial charge in [0.2, 0.25) is 0 Å². The smallest absolute Gasteiger partial charge is 0.336 e. The Morgan fingerprint density at radius 2 is 0.633 bits per heavy atom. The molecule has 4 heterocycles. The van der Waals surface area contributed by atoms with Crippen molar-refractivity contribution in [1.82, 2.24) is 19.9 Å². The second-order valence-corrected chi connectivity index (χ2v) is 13.9. The highest BCUT2D eigenvalue weighted by Gasteiger charge is 2.52. The van der Waals surface area contributed by atoms with Gasteiger partial charge in [0, 0.05) is 72.2 Å². The Labute approximate surface area is 343 Å². The lowest BCUT2D eigenvalue weighted by Gasteiger charge is -2.53. The predicted molar refractivity (Wildman–Crippen MR) is 224 cm³/mol. The topological polar surface area (TPSA) is 201 Å². The number of hydrogen-bond donors (Lipinski definition) is 4. The standard InChI is InChI=1S/C24H20N4.2C12H8O4/c1-3-19(15-27-9-1)23-21(17-5-11-25-12-6-17)22(18-7-13-26-14-8-18)24(23)20-4-2-10-28-16-20;2*13-11(14)8-5-1-3-7-4-2-6-9(10(7)8)12(15)16/h1-16,21-24H;2*1-6H,(H,13,14)(H,15,16)/t21-,22+,23+,24-;;. The van der Waals surface area contributed by atoms with Crippen molar-refractivity contribution < 1.29 is 39.6 Å². The van der Waals surface area contributed by atoms with Gasteiger partial charge in [0.1, 0.15) is 0 Å². The van der Waals surface area contributed by atoms with Crippen LogP contribution in [0.1, 0.15) is 87.4 Å². The molecule has 0 bridgehead atoms. The summed E-state index contributed by atoms with van der Waals surface area (Å²) in [5, 5.41) is 37.7. The average molecular weight is 797 g/mol. The molecule has 4 N–H and O–H groups in total. The Bertz CT molecular complexity index is 2420. The van der Waals surface area contributed by atoms with E-state index in [1.807, 2.05) is 61.7 Å². The number of aromatic nitrogens is 4. The highest BCUT2D eigenvalue weighted by molar-refractivity contribution is 6.13. The molecule has 12 heteroatoms. The average Bonchev–Trinajstić information content (AvgIpc) is 3.27. The van der Waals surface area contributed by atoms with Crippen LogP contribution in [0, 0.1) is 0 Å². The summed E-state index contributed by atoms with van der Waals surface area (Å²) in [5.74, 6) is -3.14. The van der Waals surface area contributed by atoms with Gasteiger partial charge in [-0.15, -0.1) is 0 Å². The van der Waals surface area contributed by atoms with E-state index in [1.54, 1.807) is 48.5 Å². The summed E-state index contributed by atoms with van der Waals surface area (Å²) >= 11 is 0. The van der Waals surface area contributed by atoms with Crippen LogP contribution in [0.5, 0.6) is 0 Å². The summed E-state index contributed by atoms with van der Waals surface area (Å²) in [6.07, 6.45) is 15.2. The van der Waals surface area contributed by atoms with E-state index in [1.165, 1.54) is 46.5 Å². The third kappa shape index (κ3) is 8.29. The molecule has 9 rings (SSSR count). The van der Waals surface area contributed by atoms with Gasteiger partial charge < -0.3 is 20.4 Å². The normalized spacial score (nSPS) is 16.5. The van der Waals surface area contributed by atoms with E-state index >= 15 is 0 Å². The minimum atomic E-state index is -1.13. The molecule has 0 aliphatic heterocycles. The van der Waals surface area contributed by atoms with Crippen LogP contribution in [0.3, 0.4) is 0 Å². The van der Waals surface area contributed by atoms with Crippen LogP contribution in [0.4, 0.5) is 0 Å². The molecule has 1 aliphatic carbocycles. The zero-order chi connectivity index (χ0) is 42.2. The number of carbonyl (C=O) groups is 4. The summed E-state index contributed by atoms with van der Waals surface area (Å²) in [5.41, 5.74) is 5.19. The lowest BCUT2D eigenvalue weighted by Crippen LogP contribution is -2.40. The molecule has 4 aromatic heterocycles. The van der Waals surface area contributed by atoms with Crippen molar-refractivity contribution in [3.8, 4) is 0 Å². The van der Waals surface area contributed by atoms with Gasteiger partial charge in [0.15, 0.2) is 0 Å². The molecule has 8 aromatic rings. The summed E-state index contributed by atoms with van der Waals surface area (Å²) in [4.78, 5) is 61.2. The first-order valence-electron chi connectivity index (χ1n) is 18.7. The monoisotopic (exact) mass is 796 g/mol. The summed E-state index contributed by atoms with van der Waals surface area (Å²) in [7, 11) is 0. The lowest BCUT2D eigenvalue weighted by atomic mass is 9.49. The summed E-state index contributed by atoms with van der Waals surface area (Å²) in [6.45, 7) is 0. The van der Waals surface area contributed by atoms with Crippen LogP contribution >= 0.6 is 0 Å². The maximum absolute atomic E-state index is 11.0. The molecule has 1 fully saturated rings. The Morgan fingerprint density at radius 1 is 0.333 bits per heavy atom. The number of fused-ring (bicyclic) bond motifs is 2. The zero-order valence-electron chi connectivity index (χ0n) is 31.7. The van der Waals surface area contributed by atoms with Gasteiger partial charge in [-0.1, -0.05) is 60.7 Å². The number of carboxylic acid groups (broad SMARTS) is 4. The number of benzene rings is 4. The molecule has 0 spiro atoms. The predicted octanol–water partition coefficient (Wildman–Crippen LogP) is 9.19. The molecule has 4 atom stereocenters. The molecule has 1 aliphatic rings. The molecule has 296 valence electrons. The van der Waals surface area contributed by atoms with E-state index in [4.69, 9.17) is 20.4 Å². The number of hydrogen-bond acceptors (Lipinski definition) is 8. The third-order valence-electron chi connectivity index (χ3n) is 10.6. The van der Waals surface area contributed by atoms with Gasteiger partial charge >= 0.3 is 23.9 Å². The highest BCUT2D eigenvalue weighted by atomic mass is 16.4. The number of aromatic carboxylic acids is 4. The molecule has 0 radical (unpaired) electrons. The van der Waals surface area contributed by atoms with E-state index < -0.39 is 23.9 Å². The van der Waals surface area contributed by atoms with Crippen LogP contribution in [-0.2, 0) is 0 Å². The van der Waals surface area contributed by atoms with E-state index in [-0.39, 0.29) is 33.0 Å². The van der Waals surface area contributed by atoms with Crippen molar-refractivity contribution in [2.24, 2.45) is 0 Å². The molecule has 12 nitrogen and oxygen atoms in total. The Kier molecular flexibility index (Phi) is 12.0. The number of nitrogens with zero attached hydrogens (tertiary/aromatic N) is 4. The van der Waals surface area contributed by atoms with Crippen molar-refractivity contribution in [2.75, 3.05) is 0 Å². The molecular weight excluding hydrogens is 761 g/mol. The first-order chi connectivity index (χ1) is 29.2. The highest BCUT2D eigenvalue weighted by Crippen LogP contribution is 2.66. The molecule has 4 aromatic carbocycles. The van der Waals surface area contributed by atoms with E-state index in [9.17, 15) is 19.2 Å². The maximum Gasteiger partial charge on any atom is 0.336 e. The largest absolute Gasteiger partial charge is 0.478 e. The van der Waals surface area contributed by atoms with Crippen LogP contribution < -0.4 is 0 Å². The molecule has 0 amide bonds. The van der Waals surface area contributed by atoms with E-state index in [0.717, 1.165) is 0 Å². The van der Waals surface area contributed by atoms with Gasteiger partial charge in [-0.2, -0.15) is 0 Å². The second-order valence-electron chi connectivity index (χ2n) is 13.9. The van der Waals surface area contributed by atoms with Crippen molar-refractivity contribution >= 4 is 45.4 Å². The fourth-order valence-corrected chi connectivity index (χ4v) is 8.12. The number of pyridine rings is 4. The Balaban J connectivity index is 0.000000146. The molecular formula is C48H36N4O8. The minimum absolute atomic E-state index is 0.00972. The summed E-state index contributed by atoms with van der Waals surface area (Å²) < 4.78 is 0. The van der Waals surface area contributed by atoms with Crippen molar-refractivity contribution in [3.05, 3.63) is 215 Å². The molecule has 60 heavy (non-hydrogen) atoms. The second kappa shape index (κ2) is 18.0. The Morgan fingerprint density at radius 3 is 0.900 bits per heavy atom. The van der Waals surface area contributed by atoms with Gasteiger partial charge in [-0.3, -0.25) is 19.9 Å². The van der Waals surface area contributed by atoms with Crippen LogP contribution in [-0.4, -0.2) is 64.2 Å². The van der Waals surface area contributed by atoms with Gasteiger partial charge in [0.25, 0.3) is 0 Å². The minimum Gasteiger partial charge on any atom is -0.478 e. The van der Waals surface area contributed by atoms with Crippen molar-refractivity contribution in [1.29, 1.82) is 0 Å². The van der Waals surface area contributed by atoms with Crippen LogP contribution in [0.25, 0.3) is 21.5 Å². The van der Waals surface area contributed by atoms with Crippen molar-refractivity contribution in [3.63, 3.8) is 0 Å². The molecule has 0 unspecified atom stereocenters. The number of carboxylic acids is 4. The zero-order valence-corrected chi connectivity index (χ0v) is 31.7. The third-order valence-corrected chi connectivity index (χ3v) is 10.6. The SMILES string of the molecule is O=C(O)c1cccc2cccc(C(=O)O)c12.O=C(O)c1cccc2cccc(C(=O)O)c12.c1cncc([C@@H]2[C@@H](c3ccncc3)[C@@H](c3ccncc3)[C@@H]2c2cccnc2)c1.